The van der Waals surface area contributed by atoms with E-state index in [1.165, 1.54) is 11.5 Å². The second-order valence-electron chi connectivity index (χ2n) is 0.960. The summed E-state index contributed by atoms with van der Waals surface area (Å²) < 4.78 is 3.56. The molecule has 0 atom stereocenters. The Morgan fingerprint density at radius 3 is 2.11 bits per heavy atom. The summed E-state index contributed by atoms with van der Waals surface area (Å²) in [5.41, 5.74) is 0.875. The minimum atomic E-state index is 0. The quantitative estimate of drug-likeness (QED) is 0.624. The van der Waals surface area contributed by atoms with Crippen molar-refractivity contribution in [1.29, 1.82) is 0 Å². The fraction of sp³-hybridized carbons (Fsp3) is 0.600. The van der Waals surface area contributed by atoms with Gasteiger partial charge in [0.25, 0.3) is 0 Å². The van der Waals surface area contributed by atoms with E-state index in [1.54, 1.807) is 0 Å². The van der Waals surface area contributed by atoms with Crippen LogP contribution < -0.4 is 0 Å². The van der Waals surface area contributed by atoms with E-state index in [9.17, 15) is 0 Å². The van der Waals surface area contributed by atoms with E-state index in [1.807, 2.05) is 6.92 Å². The van der Waals surface area contributed by atoms with Gasteiger partial charge in [-0.15, -0.1) is 10.2 Å². The zero-order valence-electron chi connectivity index (χ0n) is 3.88. The monoisotopic (exact) mass is 220 g/mol. The van der Waals surface area contributed by atoms with Gasteiger partial charge in [0.15, 0.2) is 0 Å². The Bertz CT molecular complexity index is 119. The van der Waals surface area contributed by atoms with E-state index >= 15 is 0 Å². The second kappa shape index (κ2) is 8.66. The molecular weight excluding hydrogens is 209 g/mol. The molecule has 0 fully saturated rings. The summed E-state index contributed by atoms with van der Waals surface area (Å²) in [5, 5.41) is 6.45. The molecule has 1 radical (unpaired) electrons. The van der Waals surface area contributed by atoms with Gasteiger partial charge < -0.3 is 5.38 Å². The van der Waals surface area contributed by atoms with Crippen molar-refractivity contribution in [2.75, 3.05) is 0 Å². The van der Waals surface area contributed by atoms with Crippen LogP contribution in [0.3, 0.4) is 0 Å². The van der Waals surface area contributed by atoms with Crippen molar-refractivity contribution < 1.29 is 32.7 Å². The third kappa shape index (κ3) is 6.55. The minimum Gasteiger partial charge on any atom is -0.363 e. The molecule has 0 saturated carbocycles. The van der Waals surface area contributed by atoms with E-state index in [-0.39, 0.29) is 47.6 Å². The largest absolute Gasteiger partial charge is 0.363 e. The first-order valence-electron chi connectivity index (χ1n) is 1.56. The molecule has 0 N–H and O–H groups in total. The van der Waals surface area contributed by atoms with E-state index < -0.39 is 0 Å². The third-order valence-electron chi connectivity index (χ3n) is 0.425. The molecule has 51 valence electrons. The molecule has 1 heterocycles. The summed E-state index contributed by atoms with van der Waals surface area (Å²) in [5.74, 6) is 0. The molecule has 1 rings (SSSR count). The van der Waals surface area contributed by atoms with E-state index in [0.29, 0.717) is 0 Å². The maximum atomic E-state index is 3.63. The van der Waals surface area contributed by atoms with Crippen molar-refractivity contribution in [1.82, 2.24) is 9.59 Å². The first-order valence-corrected chi connectivity index (χ1v) is 2.33. The molecule has 0 aliphatic carbocycles. The molecule has 0 aliphatic rings. The van der Waals surface area contributed by atoms with Crippen molar-refractivity contribution >= 4 is 11.5 Å². The smallest absolute Gasteiger partial charge is 0 e. The molecule has 0 bridgehead atoms. The van der Waals surface area contributed by atoms with E-state index in [4.69, 9.17) is 0 Å². The maximum Gasteiger partial charge on any atom is 0 e. The Morgan fingerprint density at radius 2 is 2.00 bits per heavy atom. The Balaban J connectivity index is -0.000000120. The van der Waals surface area contributed by atoms with Crippen molar-refractivity contribution in [3.63, 3.8) is 0 Å². The molecule has 4 heteroatoms. The van der Waals surface area contributed by atoms with Crippen LogP contribution in [0.1, 0.15) is 20.5 Å². The Morgan fingerprint density at radius 1 is 1.44 bits per heavy atom. The van der Waals surface area contributed by atoms with Crippen LogP contribution in [-0.4, -0.2) is 9.59 Å². The maximum absolute atomic E-state index is 3.63. The summed E-state index contributed by atoms with van der Waals surface area (Å²) in [6, 6.07) is 0. The molecule has 0 spiro atoms. The van der Waals surface area contributed by atoms with Crippen molar-refractivity contribution in [3.8, 4) is 0 Å². The molecule has 9 heavy (non-hydrogen) atoms. The normalized spacial score (nSPS) is 5.89. The Hall–Kier alpha value is 0.664. The SMILES string of the molecule is C.C.Cc1[c-]snn1.[Y]. The van der Waals surface area contributed by atoms with E-state index in [2.05, 4.69) is 15.0 Å². The van der Waals surface area contributed by atoms with Gasteiger partial charge >= 0.3 is 0 Å². The number of aromatic nitrogens is 2. The zero-order chi connectivity index (χ0) is 4.41. The van der Waals surface area contributed by atoms with Crippen LogP contribution in [0, 0.1) is 12.3 Å². The summed E-state index contributed by atoms with van der Waals surface area (Å²) in [6.45, 7) is 1.86. The van der Waals surface area contributed by atoms with Gasteiger partial charge in [-0.1, -0.05) is 21.8 Å². The second-order valence-corrected chi connectivity index (χ2v) is 1.51. The predicted octanol–water partition coefficient (Wildman–Crippen LogP) is 1.92. The molecule has 1 aromatic heterocycles. The van der Waals surface area contributed by atoms with Crippen molar-refractivity contribution in [2.24, 2.45) is 0 Å². The third-order valence-corrected chi connectivity index (χ3v) is 0.975. The Labute approximate surface area is 86.1 Å². The summed E-state index contributed by atoms with van der Waals surface area (Å²) in [7, 11) is 0. The number of aryl methyl sites for hydroxylation is 1. The Kier molecular flexibility index (Phi) is 15.7. The van der Waals surface area contributed by atoms with Gasteiger partial charge in [0.1, 0.15) is 0 Å². The predicted molar refractivity (Wildman–Crippen MR) is 36.9 cm³/mol. The number of nitrogens with zero attached hydrogens (tertiary/aromatic N) is 2. The molecule has 1 aromatic rings. The molecule has 0 unspecified atom stereocenters. The summed E-state index contributed by atoms with van der Waals surface area (Å²) in [4.78, 5) is 0. The molecule has 0 aliphatic heterocycles. The van der Waals surface area contributed by atoms with Gasteiger partial charge in [0, 0.05) is 32.7 Å². The average molecular weight is 220 g/mol. The first kappa shape index (κ1) is 16.3. The molecule has 0 amide bonds. The number of hydrogen-bond acceptors (Lipinski definition) is 3. The van der Waals surface area contributed by atoms with Crippen LogP contribution >= 0.6 is 11.5 Å². The molecule has 0 aromatic carbocycles. The molecule has 0 saturated heterocycles. The van der Waals surface area contributed by atoms with Crippen LogP contribution in [-0.2, 0) is 32.7 Å². The molecular formula is C5H11N2SY-. The fourth-order valence-electron chi connectivity index (χ4n) is 0.189. The average Bonchev–Trinajstić information content (AvgIpc) is 1.86. The fourth-order valence-corrected chi connectivity index (χ4v) is 0.566. The summed E-state index contributed by atoms with van der Waals surface area (Å²) in [6.07, 6.45) is 0. The zero-order valence-corrected chi connectivity index (χ0v) is 7.53. The van der Waals surface area contributed by atoms with Gasteiger partial charge in [-0.2, -0.15) is 5.10 Å². The van der Waals surface area contributed by atoms with Gasteiger partial charge in [-0.05, 0) is 0 Å². The van der Waals surface area contributed by atoms with Crippen molar-refractivity contribution in [3.05, 3.63) is 11.1 Å². The summed E-state index contributed by atoms with van der Waals surface area (Å²) >= 11 is 1.25. The van der Waals surface area contributed by atoms with Gasteiger partial charge in [-0.25, -0.2) is 11.5 Å². The van der Waals surface area contributed by atoms with E-state index in [0.717, 1.165) is 5.69 Å². The first-order chi connectivity index (χ1) is 2.89. The van der Waals surface area contributed by atoms with Crippen LogP contribution in [0.25, 0.3) is 0 Å². The van der Waals surface area contributed by atoms with Crippen molar-refractivity contribution in [2.45, 2.75) is 21.8 Å². The number of hydrogen-bond donors (Lipinski definition) is 0. The standard InChI is InChI=1S/C3H3N2S.2CH4.Y/c1-3-2-6-5-4-3;;;/h1H3;2*1H4;/q-1;;;. The topological polar surface area (TPSA) is 25.8 Å². The van der Waals surface area contributed by atoms with Crippen LogP contribution in [0.2, 0.25) is 0 Å². The molecule has 2 nitrogen and oxygen atoms in total. The van der Waals surface area contributed by atoms with Gasteiger partial charge in [0.2, 0.25) is 0 Å². The van der Waals surface area contributed by atoms with Crippen LogP contribution in [0.15, 0.2) is 0 Å². The number of rotatable bonds is 0. The van der Waals surface area contributed by atoms with Gasteiger partial charge in [-0.3, -0.25) is 0 Å². The van der Waals surface area contributed by atoms with Gasteiger partial charge in [0.05, 0.1) is 0 Å². The van der Waals surface area contributed by atoms with Crippen LogP contribution in [0.4, 0.5) is 0 Å². The minimum absolute atomic E-state index is 0. The van der Waals surface area contributed by atoms with Crippen LogP contribution in [0.5, 0.6) is 0 Å².